The Morgan fingerprint density at radius 3 is 2.41 bits per heavy atom. The van der Waals surface area contributed by atoms with Gasteiger partial charge in [-0.15, -0.1) is 0 Å². The molecule has 0 bridgehead atoms. The minimum absolute atomic E-state index is 0.0154. The van der Waals surface area contributed by atoms with Gasteiger partial charge in [0.2, 0.25) is 11.6 Å². The summed E-state index contributed by atoms with van der Waals surface area (Å²) in [5.41, 5.74) is -0.978. The number of hydrogen-bond donors (Lipinski definition) is 6. The van der Waals surface area contributed by atoms with E-state index in [0.29, 0.717) is 24.1 Å². The van der Waals surface area contributed by atoms with Crippen LogP contribution in [-0.2, 0) is 11.2 Å². The molecule has 1 aromatic carbocycles. The van der Waals surface area contributed by atoms with Crippen molar-refractivity contribution in [2.45, 2.75) is 50.3 Å². The van der Waals surface area contributed by atoms with Crippen molar-refractivity contribution >= 4 is 5.78 Å². The number of Topliss-reactive ketones (excluding diaryl/α,β-unsaturated/α-hetero) is 1. The molecule has 2 aliphatic heterocycles. The SMILES string of the molecule is COc1cc2c(cc1OC(O)(O)O)CCN1CC(O)(CC(C)C)C(=O)C(O)(O)C21. The van der Waals surface area contributed by atoms with Crippen molar-refractivity contribution in [3.63, 3.8) is 0 Å². The number of benzene rings is 1. The highest BCUT2D eigenvalue weighted by atomic mass is 16.9. The predicted octanol–water partition coefficient (Wildman–Crippen LogP) is -1.40. The van der Waals surface area contributed by atoms with Gasteiger partial charge in [0, 0.05) is 13.1 Å². The van der Waals surface area contributed by atoms with E-state index in [2.05, 4.69) is 4.74 Å². The minimum Gasteiger partial charge on any atom is -0.493 e. The lowest BCUT2D eigenvalue weighted by molar-refractivity contribution is -0.419. The zero-order chi connectivity index (χ0) is 21.8. The second-order valence-corrected chi connectivity index (χ2v) is 8.19. The first kappa shape index (κ1) is 21.9. The molecule has 0 amide bonds. The first-order valence-corrected chi connectivity index (χ1v) is 9.31. The summed E-state index contributed by atoms with van der Waals surface area (Å²) in [6.45, 7) is 3.91. The normalized spacial score (nSPS) is 26.8. The van der Waals surface area contributed by atoms with Crippen LogP contribution in [0.2, 0.25) is 0 Å². The molecule has 0 spiro atoms. The number of ether oxygens (including phenoxy) is 2. The van der Waals surface area contributed by atoms with Crippen molar-refractivity contribution < 1.29 is 44.9 Å². The fourth-order valence-corrected chi connectivity index (χ4v) is 4.41. The Kier molecular flexibility index (Phi) is 5.41. The number of piperidine rings is 1. The lowest BCUT2D eigenvalue weighted by Gasteiger charge is -2.51. The van der Waals surface area contributed by atoms with Crippen LogP contribution in [0.1, 0.15) is 37.4 Å². The predicted molar refractivity (Wildman–Crippen MR) is 97.6 cm³/mol. The third kappa shape index (κ3) is 3.97. The highest BCUT2D eigenvalue weighted by Crippen LogP contribution is 2.47. The number of rotatable bonds is 5. The fourth-order valence-electron chi connectivity index (χ4n) is 4.41. The molecule has 1 fully saturated rings. The maximum atomic E-state index is 12.8. The molecular formula is C19H27NO9. The standard InChI is InChI=1S/C19H27NO9/c1-10(2)8-17(22)9-20-5-4-11-6-14(29-19(25,26)27)13(28-3)7-12(11)15(20)18(23,24)16(17)21/h6-7,10,15,22-27H,4-5,8-9H2,1-3H3. The summed E-state index contributed by atoms with van der Waals surface area (Å²) in [4.78, 5) is 14.5. The molecule has 2 atom stereocenters. The van der Waals surface area contributed by atoms with Crippen molar-refractivity contribution in [3.05, 3.63) is 23.3 Å². The molecule has 3 rings (SSSR count). The van der Waals surface area contributed by atoms with Crippen LogP contribution in [0.25, 0.3) is 0 Å². The topological polar surface area (TPSA) is 160 Å². The summed E-state index contributed by atoms with van der Waals surface area (Å²) in [5.74, 6) is -4.14. The monoisotopic (exact) mass is 413 g/mol. The third-order valence-electron chi connectivity index (χ3n) is 5.35. The van der Waals surface area contributed by atoms with Crippen LogP contribution in [0.5, 0.6) is 11.5 Å². The molecule has 0 aliphatic carbocycles. The second-order valence-electron chi connectivity index (χ2n) is 8.19. The van der Waals surface area contributed by atoms with Gasteiger partial charge in [0.05, 0.1) is 13.2 Å². The van der Waals surface area contributed by atoms with Crippen LogP contribution < -0.4 is 9.47 Å². The lowest BCUT2D eigenvalue weighted by Crippen LogP contribution is -2.69. The Morgan fingerprint density at radius 2 is 1.86 bits per heavy atom. The van der Waals surface area contributed by atoms with Crippen LogP contribution in [0, 0.1) is 5.92 Å². The first-order valence-electron chi connectivity index (χ1n) is 9.31. The van der Waals surface area contributed by atoms with E-state index in [1.807, 2.05) is 13.8 Å². The lowest BCUT2D eigenvalue weighted by atomic mass is 9.73. The van der Waals surface area contributed by atoms with Crippen molar-refractivity contribution in [2.75, 3.05) is 20.2 Å². The van der Waals surface area contributed by atoms with E-state index in [-0.39, 0.29) is 30.4 Å². The summed E-state index contributed by atoms with van der Waals surface area (Å²) in [7, 11) is 1.28. The van der Waals surface area contributed by atoms with Crippen molar-refractivity contribution in [3.8, 4) is 11.5 Å². The van der Waals surface area contributed by atoms with Crippen molar-refractivity contribution in [2.24, 2.45) is 5.92 Å². The number of carbonyl (C=O) groups is 1. The molecule has 10 nitrogen and oxygen atoms in total. The first-order chi connectivity index (χ1) is 13.3. The molecule has 6 N–H and O–H groups in total. The van der Waals surface area contributed by atoms with Gasteiger partial charge in [-0.2, -0.15) is 0 Å². The van der Waals surface area contributed by atoms with Crippen LogP contribution in [0.3, 0.4) is 0 Å². The maximum absolute atomic E-state index is 12.8. The molecule has 1 aromatic rings. The van der Waals surface area contributed by atoms with Crippen LogP contribution in [0.4, 0.5) is 0 Å². The number of hydrogen-bond acceptors (Lipinski definition) is 10. The molecule has 10 heteroatoms. The fraction of sp³-hybridized carbons (Fsp3) is 0.632. The Balaban J connectivity index is 2.05. The van der Waals surface area contributed by atoms with E-state index in [4.69, 9.17) is 20.1 Å². The minimum atomic E-state index is -3.42. The molecular weight excluding hydrogens is 386 g/mol. The Hall–Kier alpha value is -1.79. The molecule has 2 aliphatic rings. The molecule has 1 saturated heterocycles. The number of aliphatic hydroxyl groups is 6. The maximum Gasteiger partial charge on any atom is 0.453 e. The summed E-state index contributed by atoms with van der Waals surface area (Å²) in [6, 6.07) is 1.60. The molecule has 2 unspecified atom stereocenters. The Bertz CT molecular complexity index is 802. The van der Waals surface area contributed by atoms with Gasteiger partial charge in [-0.05, 0) is 42.0 Å². The van der Waals surface area contributed by atoms with Gasteiger partial charge in [-0.3, -0.25) is 9.69 Å². The molecule has 0 aromatic heterocycles. The van der Waals surface area contributed by atoms with Crippen LogP contribution >= 0.6 is 0 Å². The summed E-state index contributed by atoms with van der Waals surface area (Å²) < 4.78 is 9.82. The summed E-state index contributed by atoms with van der Waals surface area (Å²) in [6.07, 6.45) is -2.94. The number of ketones is 1. The van der Waals surface area contributed by atoms with Gasteiger partial charge in [0.25, 0.3) is 0 Å². The van der Waals surface area contributed by atoms with E-state index >= 15 is 0 Å². The summed E-state index contributed by atoms with van der Waals surface area (Å²) in [5, 5.41) is 59.7. The Labute approximate surface area is 167 Å². The molecule has 0 radical (unpaired) electrons. The zero-order valence-corrected chi connectivity index (χ0v) is 16.5. The smallest absolute Gasteiger partial charge is 0.453 e. The Morgan fingerprint density at radius 1 is 1.21 bits per heavy atom. The van der Waals surface area contributed by atoms with Gasteiger partial charge < -0.3 is 40.1 Å². The van der Waals surface area contributed by atoms with Crippen LogP contribution in [0.15, 0.2) is 12.1 Å². The van der Waals surface area contributed by atoms with Crippen molar-refractivity contribution in [1.29, 1.82) is 0 Å². The number of methoxy groups -OCH3 is 1. The zero-order valence-electron chi connectivity index (χ0n) is 16.5. The van der Waals surface area contributed by atoms with Crippen molar-refractivity contribution in [1.82, 2.24) is 4.90 Å². The van der Waals surface area contributed by atoms with Gasteiger partial charge in [-0.1, -0.05) is 13.8 Å². The number of nitrogens with zero attached hydrogens (tertiary/aromatic N) is 1. The highest BCUT2D eigenvalue weighted by molar-refractivity contribution is 5.95. The number of fused-ring (bicyclic) bond motifs is 3. The van der Waals surface area contributed by atoms with E-state index in [1.54, 1.807) is 4.90 Å². The van der Waals surface area contributed by atoms with E-state index in [0.717, 1.165) is 0 Å². The van der Waals surface area contributed by atoms with Gasteiger partial charge in [0.15, 0.2) is 11.5 Å². The highest BCUT2D eigenvalue weighted by Gasteiger charge is 2.60. The molecule has 162 valence electrons. The average Bonchev–Trinajstić information content (AvgIpc) is 2.57. The van der Waals surface area contributed by atoms with Gasteiger partial charge in [-0.25, -0.2) is 0 Å². The van der Waals surface area contributed by atoms with Crippen LogP contribution in [-0.4, -0.2) is 79.1 Å². The van der Waals surface area contributed by atoms with E-state index in [9.17, 15) is 20.1 Å². The van der Waals surface area contributed by atoms with E-state index in [1.165, 1.54) is 19.2 Å². The summed E-state index contributed by atoms with van der Waals surface area (Å²) >= 11 is 0. The third-order valence-corrected chi connectivity index (χ3v) is 5.35. The van der Waals surface area contributed by atoms with Gasteiger partial charge >= 0.3 is 6.16 Å². The van der Waals surface area contributed by atoms with Gasteiger partial charge in [0.1, 0.15) is 5.60 Å². The number of carbonyl (C=O) groups excluding carboxylic acids is 1. The molecule has 29 heavy (non-hydrogen) atoms. The average molecular weight is 413 g/mol. The molecule has 2 heterocycles. The van der Waals surface area contributed by atoms with E-state index < -0.39 is 29.4 Å². The quantitative estimate of drug-likeness (QED) is 0.317. The second kappa shape index (κ2) is 7.17. The molecule has 0 saturated carbocycles. The largest absolute Gasteiger partial charge is 0.493 e.